The van der Waals surface area contributed by atoms with Gasteiger partial charge in [-0.25, -0.2) is 4.39 Å². The first-order chi connectivity index (χ1) is 16.4. The third-order valence-corrected chi connectivity index (χ3v) is 6.98. The molecule has 5 rings (SSSR count). The van der Waals surface area contributed by atoms with E-state index in [-0.39, 0.29) is 24.2 Å². The number of amides is 2. The fraction of sp³-hybridized carbons (Fsp3) is 0.385. The lowest BCUT2D eigenvalue weighted by Crippen LogP contribution is -2.44. The Morgan fingerprint density at radius 1 is 1.15 bits per heavy atom. The molecule has 2 saturated heterocycles. The molecular weight excluding hydrogens is 439 g/mol. The molecule has 3 aliphatic rings. The van der Waals surface area contributed by atoms with Gasteiger partial charge in [-0.3, -0.25) is 9.59 Å². The van der Waals surface area contributed by atoms with Crippen molar-refractivity contribution in [1.29, 1.82) is 0 Å². The van der Waals surface area contributed by atoms with E-state index < -0.39 is 23.5 Å². The predicted octanol–water partition coefficient (Wildman–Crippen LogP) is 2.48. The minimum absolute atomic E-state index is 0.0609. The van der Waals surface area contributed by atoms with Gasteiger partial charge in [0.2, 0.25) is 11.8 Å². The molecule has 0 saturated carbocycles. The van der Waals surface area contributed by atoms with Crippen molar-refractivity contribution < 1.29 is 28.2 Å². The molecule has 34 heavy (non-hydrogen) atoms. The van der Waals surface area contributed by atoms with Gasteiger partial charge in [0.15, 0.2) is 11.5 Å². The summed E-state index contributed by atoms with van der Waals surface area (Å²) in [7, 11) is 3.18. The highest BCUT2D eigenvalue weighted by Crippen LogP contribution is 2.51. The summed E-state index contributed by atoms with van der Waals surface area (Å²) in [6, 6.07) is 11.7. The molecule has 2 fully saturated rings. The van der Waals surface area contributed by atoms with E-state index in [1.54, 1.807) is 31.3 Å². The molecule has 0 unspecified atom stereocenters. The summed E-state index contributed by atoms with van der Waals surface area (Å²) in [6.07, 6.45) is 4.07. The molecule has 1 N–H and O–H groups in total. The van der Waals surface area contributed by atoms with Crippen LogP contribution >= 0.6 is 0 Å². The maximum Gasteiger partial charge on any atom is 0.230 e. The van der Waals surface area contributed by atoms with Gasteiger partial charge in [0.25, 0.3) is 0 Å². The van der Waals surface area contributed by atoms with Crippen molar-refractivity contribution >= 4 is 11.8 Å². The third-order valence-electron chi connectivity index (χ3n) is 6.98. The largest absolute Gasteiger partial charge is 0.493 e. The van der Waals surface area contributed by atoms with Crippen molar-refractivity contribution in [2.75, 3.05) is 27.3 Å². The number of nitrogens with one attached hydrogen (secondary N) is 1. The monoisotopic (exact) mass is 466 g/mol. The zero-order valence-corrected chi connectivity index (χ0v) is 19.1. The molecule has 0 radical (unpaired) electrons. The lowest BCUT2D eigenvalue weighted by atomic mass is 9.77. The molecule has 2 aromatic rings. The number of hydrogen-bond acceptors (Lipinski definition) is 5. The van der Waals surface area contributed by atoms with Crippen molar-refractivity contribution in [3.8, 4) is 11.5 Å². The second-order valence-corrected chi connectivity index (χ2v) is 8.94. The number of methoxy groups -OCH3 is 2. The molecule has 3 heterocycles. The van der Waals surface area contributed by atoms with E-state index >= 15 is 0 Å². The Hall–Kier alpha value is -3.39. The Kier molecular flexibility index (Phi) is 5.77. The van der Waals surface area contributed by atoms with Gasteiger partial charge in [-0.2, -0.15) is 0 Å². The number of hydrogen-bond donors (Lipinski definition) is 1. The minimum Gasteiger partial charge on any atom is -0.493 e. The molecule has 1 spiro atoms. The number of benzene rings is 2. The average Bonchev–Trinajstić information content (AvgIpc) is 3.50. The van der Waals surface area contributed by atoms with Crippen LogP contribution in [-0.4, -0.2) is 55.7 Å². The predicted molar refractivity (Wildman–Crippen MR) is 122 cm³/mol. The Bertz CT molecular complexity index is 1130. The van der Waals surface area contributed by atoms with E-state index in [0.29, 0.717) is 31.0 Å². The highest BCUT2D eigenvalue weighted by atomic mass is 19.1. The minimum atomic E-state index is -0.753. The van der Waals surface area contributed by atoms with Gasteiger partial charge in [0.05, 0.1) is 38.7 Å². The number of carbonyl (C=O) groups excluding carboxylic acids is 2. The third kappa shape index (κ3) is 3.81. The average molecular weight is 467 g/mol. The van der Waals surface area contributed by atoms with Crippen LogP contribution in [0.3, 0.4) is 0 Å². The van der Waals surface area contributed by atoms with Gasteiger partial charge in [-0.05, 0) is 41.8 Å². The van der Waals surface area contributed by atoms with Crippen molar-refractivity contribution in [2.24, 2.45) is 11.8 Å². The van der Waals surface area contributed by atoms with Gasteiger partial charge >= 0.3 is 0 Å². The zero-order chi connectivity index (χ0) is 23.9. The molecule has 3 aliphatic heterocycles. The van der Waals surface area contributed by atoms with E-state index in [1.165, 1.54) is 12.1 Å². The number of nitrogens with zero attached hydrogens (tertiary/aromatic N) is 1. The second-order valence-electron chi connectivity index (χ2n) is 8.94. The molecule has 0 aromatic heterocycles. The van der Waals surface area contributed by atoms with E-state index in [1.807, 2.05) is 30.4 Å². The fourth-order valence-electron chi connectivity index (χ4n) is 5.28. The highest BCUT2D eigenvalue weighted by Gasteiger charge is 2.66. The lowest BCUT2D eigenvalue weighted by Gasteiger charge is -2.23. The molecule has 0 aliphatic carbocycles. The summed E-state index contributed by atoms with van der Waals surface area (Å²) < 4.78 is 30.0. The molecule has 8 heteroatoms. The van der Waals surface area contributed by atoms with Crippen molar-refractivity contribution in [3.05, 3.63) is 71.6 Å². The van der Waals surface area contributed by atoms with E-state index in [0.717, 1.165) is 11.1 Å². The molecule has 7 nitrogen and oxygen atoms in total. The molecular formula is C26H27FN2O5. The molecule has 2 aromatic carbocycles. The van der Waals surface area contributed by atoms with Crippen molar-refractivity contribution in [1.82, 2.24) is 10.2 Å². The van der Waals surface area contributed by atoms with Crippen LogP contribution < -0.4 is 14.8 Å². The number of halogens is 1. The Morgan fingerprint density at radius 3 is 2.62 bits per heavy atom. The first-order valence-electron chi connectivity index (χ1n) is 11.3. The Balaban J connectivity index is 1.25. The van der Waals surface area contributed by atoms with Crippen LogP contribution in [0.5, 0.6) is 11.5 Å². The Labute approximate surface area is 197 Å². The number of likely N-dealkylation sites (tertiary alicyclic amines) is 1. The van der Waals surface area contributed by atoms with Crippen LogP contribution in [0.4, 0.5) is 4.39 Å². The topological polar surface area (TPSA) is 77.1 Å². The lowest BCUT2D eigenvalue weighted by molar-refractivity contribution is -0.137. The summed E-state index contributed by atoms with van der Waals surface area (Å²) in [4.78, 5) is 28.3. The van der Waals surface area contributed by atoms with Gasteiger partial charge in [0, 0.05) is 13.1 Å². The van der Waals surface area contributed by atoms with E-state index in [4.69, 9.17) is 14.2 Å². The van der Waals surface area contributed by atoms with Crippen LogP contribution in [0.25, 0.3) is 0 Å². The fourth-order valence-corrected chi connectivity index (χ4v) is 5.28. The Morgan fingerprint density at radius 2 is 1.88 bits per heavy atom. The van der Waals surface area contributed by atoms with Crippen LogP contribution in [0.15, 0.2) is 54.6 Å². The second kappa shape index (κ2) is 8.76. The number of rotatable bonds is 8. The van der Waals surface area contributed by atoms with Gasteiger partial charge in [-0.1, -0.05) is 30.4 Å². The van der Waals surface area contributed by atoms with Gasteiger partial charge < -0.3 is 24.4 Å². The van der Waals surface area contributed by atoms with E-state index in [9.17, 15) is 14.0 Å². The van der Waals surface area contributed by atoms with Gasteiger partial charge in [-0.15, -0.1) is 0 Å². The van der Waals surface area contributed by atoms with Crippen molar-refractivity contribution in [3.63, 3.8) is 0 Å². The maximum atomic E-state index is 13.4. The van der Waals surface area contributed by atoms with E-state index in [2.05, 4.69) is 5.32 Å². The molecule has 4 atom stereocenters. The van der Waals surface area contributed by atoms with Crippen molar-refractivity contribution in [2.45, 2.75) is 24.7 Å². The summed E-state index contributed by atoms with van der Waals surface area (Å²) in [5.74, 6) is -0.429. The van der Waals surface area contributed by atoms with Gasteiger partial charge in [0.1, 0.15) is 11.4 Å². The normalized spacial score (nSPS) is 26.6. The highest BCUT2D eigenvalue weighted by molar-refractivity contribution is 5.93. The quantitative estimate of drug-likeness (QED) is 0.605. The summed E-state index contributed by atoms with van der Waals surface area (Å²) in [6.45, 7) is 1.21. The van der Waals surface area contributed by atoms with Crippen LogP contribution in [0, 0.1) is 17.7 Å². The van der Waals surface area contributed by atoms with Crippen LogP contribution in [0.2, 0.25) is 0 Å². The molecule has 2 bridgehead atoms. The standard InChI is InChI=1S/C26H27FN2O5/c1-32-19-8-5-16(13-21(19)33-2)10-12-29-15-26-11-9-20(34-26)22(23(26)25(29)31)24(30)28-14-17-3-6-18(27)7-4-17/h3-9,11,13,20,22-23H,10,12,14-15H2,1-2H3,(H,28,30)/t20-,22-,23-,26+/m0/s1. The van der Waals surface area contributed by atoms with Crippen LogP contribution in [0.1, 0.15) is 11.1 Å². The number of ether oxygens (including phenoxy) is 3. The number of fused-ring (bicyclic) bond motifs is 1. The summed E-state index contributed by atoms with van der Waals surface area (Å²) in [5, 5.41) is 2.90. The SMILES string of the molecule is COc1ccc(CCN2C[C@@]34C=C[C@H](O3)[C@H](C(=O)NCc3ccc(F)cc3)[C@H]4C2=O)cc1OC. The smallest absolute Gasteiger partial charge is 0.230 e. The number of carbonyl (C=O) groups is 2. The summed E-state index contributed by atoms with van der Waals surface area (Å²) >= 11 is 0. The molecule has 2 amide bonds. The maximum absolute atomic E-state index is 13.4. The molecule has 178 valence electrons. The zero-order valence-electron chi connectivity index (χ0n) is 19.1. The first-order valence-corrected chi connectivity index (χ1v) is 11.3. The van der Waals surface area contributed by atoms with Crippen LogP contribution in [-0.2, 0) is 27.3 Å². The summed E-state index contributed by atoms with van der Waals surface area (Å²) in [5.41, 5.74) is 1.06. The first kappa shape index (κ1) is 22.4.